The van der Waals surface area contributed by atoms with Gasteiger partial charge < -0.3 is 14.7 Å². The molecule has 0 aromatic carbocycles. The zero-order valence-electron chi connectivity index (χ0n) is 10.4. The summed E-state index contributed by atoms with van der Waals surface area (Å²) >= 11 is 0. The number of nitrogens with two attached hydrogens (primary N) is 1. The fourth-order valence-electron chi connectivity index (χ4n) is 2.06. The van der Waals surface area contributed by atoms with E-state index >= 15 is 0 Å². The van der Waals surface area contributed by atoms with Crippen molar-refractivity contribution in [1.82, 2.24) is 9.55 Å². The van der Waals surface area contributed by atoms with Gasteiger partial charge in [0.25, 0.3) is 0 Å². The summed E-state index contributed by atoms with van der Waals surface area (Å²) in [6, 6.07) is 1.89. The van der Waals surface area contributed by atoms with Crippen LogP contribution in [0, 0.1) is 6.92 Å². The normalized spacial score (nSPS) is 12.9. The van der Waals surface area contributed by atoms with E-state index in [1.54, 1.807) is 6.26 Å². The lowest BCUT2D eigenvalue weighted by molar-refractivity contribution is 0.520. The van der Waals surface area contributed by atoms with Crippen molar-refractivity contribution in [2.45, 2.75) is 39.3 Å². The van der Waals surface area contributed by atoms with E-state index in [0.29, 0.717) is 0 Å². The highest BCUT2D eigenvalue weighted by Crippen LogP contribution is 2.19. The van der Waals surface area contributed by atoms with E-state index in [1.165, 1.54) is 0 Å². The molecule has 0 aliphatic rings. The van der Waals surface area contributed by atoms with Crippen LogP contribution >= 0.6 is 0 Å². The summed E-state index contributed by atoms with van der Waals surface area (Å²) < 4.78 is 7.44. The number of hydrogen-bond acceptors (Lipinski definition) is 3. The molecule has 2 rings (SSSR count). The van der Waals surface area contributed by atoms with E-state index < -0.39 is 0 Å². The second-order valence-corrected chi connectivity index (χ2v) is 4.28. The molecule has 0 saturated heterocycles. The minimum atomic E-state index is -0.0493. The molecule has 17 heavy (non-hydrogen) atoms. The number of aromatic nitrogens is 2. The summed E-state index contributed by atoms with van der Waals surface area (Å²) in [5.74, 6) is 1.94. The number of furan rings is 1. The first kappa shape index (κ1) is 11.9. The third-order valence-corrected chi connectivity index (χ3v) is 2.97. The first-order valence-electron chi connectivity index (χ1n) is 6.02. The zero-order chi connectivity index (χ0) is 12.3. The van der Waals surface area contributed by atoms with Gasteiger partial charge in [0, 0.05) is 37.0 Å². The van der Waals surface area contributed by atoms with Gasteiger partial charge in [-0.25, -0.2) is 4.98 Å². The Morgan fingerprint density at radius 3 is 3.00 bits per heavy atom. The fraction of sp³-hybridized carbons (Fsp3) is 0.462. The number of aryl methyl sites for hydroxylation is 2. The number of nitrogens with zero attached hydrogens (tertiary/aromatic N) is 2. The highest BCUT2D eigenvalue weighted by molar-refractivity contribution is 5.21. The maximum absolute atomic E-state index is 6.18. The third-order valence-electron chi connectivity index (χ3n) is 2.97. The SMILES string of the molecule is CCCn1ccnc1CC(N)c1ccoc1C. The monoisotopic (exact) mass is 233 g/mol. The third kappa shape index (κ3) is 2.58. The minimum absolute atomic E-state index is 0.0493. The van der Waals surface area contributed by atoms with Gasteiger partial charge in [0.1, 0.15) is 11.6 Å². The van der Waals surface area contributed by atoms with Crippen molar-refractivity contribution in [2.75, 3.05) is 0 Å². The Labute approximate surface area is 101 Å². The smallest absolute Gasteiger partial charge is 0.110 e. The molecule has 2 aromatic rings. The van der Waals surface area contributed by atoms with Crippen LogP contribution < -0.4 is 5.73 Å². The highest BCUT2D eigenvalue weighted by Gasteiger charge is 2.14. The number of imidazole rings is 1. The Morgan fingerprint density at radius 2 is 2.35 bits per heavy atom. The quantitative estimate of drug-likeness (QED) is 0.863. The van der Waals surface area contributed by atoms with Gasteiger partial charge in [-0.3, -0.25) is 0 Å². The largest absolute Gasteiger partial charge is 0.469 e. The van der Waals surface area contributed by atoms with Crippen LogP contribution in [-0.4, -0.2) is 9.55 Å². The first-order valence-corrected chi connectivity index (χ1v) is 6.02. The summed E-state index contributed by atoms with van der Waals surface area (Å²) in [6.07, 6.45) is 7.37. The van der Waals surface area contributed by atoms with Crippen LogP contribution in [0.4, 0.5) is 0 Å². The second-order valence-electron chi connectivity index (χ2n) is 4.28. The second kappa shape index (κ2) is 5.19. The van der Waals surface area contributed by atoms with Gasteiger partial charge in [-0.05, 0) is 19.4 Å². The first-order chi connectivity index (χ1) is 8.22. The van der Waals surface area contributed by atoms with E-state index in [-0.39, 0.29) is 6.04 Å². The van der Waals surface area contributed by atoms with Crippen LogP contribution in [0.3, 0.4) is 0 Å². The molecule has 92 valence electrons. The molecular formula is C13H19N3O. The van der Waals surface area contributed by atoms with E-state index in [2.05, 4.69) is 16.5 Å². The Bertz CT molecular complexity index is 472. The van der Waals surface area contributed by atoms with E-state index in [0.717, 1.165) is 36.5 Å². The summed E-state index contributed by atoms with van der Waals surface area (Å²) in [5.41, 5.74) is 7.25. The van der Waals surface area contributed by atoms with Crippen molar-refractivity contribution >= 4 is 0 Å². The number of rotatable bonds is 5. The Kier molecular flexibility index (Phi) is 3.64. The molecule has 1 unspecified atom stereocenters. The van der Waals surface area contributed by atoms with Crippen molar-refractivity contribution < 1.29 is 4.42 Å². The van der Waals surface area contributed by atoms with Crippen LogP contribution in [0.25, 0.3) is 0 Å². The lowest BCUT2D eigenvalue weighted by Crippen LogP contribution is -2.16. The molecule has 0 aliphatic heterocycles. The van der Waals surface area contributed by atoms with E-state index in [1.807, 2.05) is 25.4 Å². The van der Waals surface area contributed by atoms with Gasteiger partial charge in [-0.1, -0.05) is 6.92 Å². The van der Waals surface area contributed by atoms with Crippen molar-refractivity contribution in [3.05, 3.63) is 41.9 Å². The van der Waals surface area contributed by atoms with Gasteiger partial charge in [0.15, 0.2) is 0 Å². The molecule has 1 atom stereocenters. The predicted molar refractivity (Wildman–Crippen MR) is 66.6 cm³/mol. The molecule has 2 aromatic heterocycles. The molecule has 0 amide bonds. The molecule has 2 N–H and O–H groups in total. The zero-order valence-corrected chi connectivity index (χ0v) is 10.4. The Hall–Kier alpha value is -1.55. The van der Waals surface area contributed by atoms with Crippen LogP contribution in [0.1, 0.15) is 36.5 Å². The average Bonchev–Trinajstić information content (AvgIpc) is 2.89. The highest BCUT2D eigenvalue weighted by atomic mass is 16.3. The van der Waals surface area contributed by atoms with Crippen molar-refractivity contribution in [3.8, 4) is 0 Å². The molecule has 2 heterocycles. The summed E-state index contributed by atoms with van der Waals surface area (Å²) in [5, 5.41) is 0. The topological polar surface area (TPSA) is 57.0 Å². The molecule has 4 nitrogen and oxygen atoms in total. The molecule has 0 bridgehead atoms. The molecular weight excluding hydrogens is 214 g/mol. The van der Waals surface area contributed by atoms with Crippen LogP contribution in [-0.2, 0) is 13.0 Å². The predicted octanol–water partition coefficient (Wildman–Crippen LogP) is 2.44. The molecule has 4 heteroatoms. The maximum Gasteiger partial charge on any atom is 0.110 e. The van der Waals surface area contributed by atoms with Crippen LogP contribution in [0.2, 0.25) is 0 Å². The van der Waals surface area contributed by atoms with Crippen molar-refractivity contribution in [3.63, 3.8) is 0 Å². The van der Waals surface area contributed by atoms with Gasteiger partial charge in [0.2, 0.25) is 0 Å². The van der Waals surface area contributed by atoms with Gasteiger partial charge in [-0.15, -0.1) is 0 Å². The lowest BCUT2D eigenvalue weighted by Gasteiger charge is -2.12. The summed E-state index contributed by atoms with van der Waals surface area (Å²) in [6.45, 7) is 5.09. The van der Waals surface area contributed by atoms with Crippen LogP contribution in [0.15, 0.2) is 29.1 Å². The maximum atomic E-state index is 6.18. The molecule has 0 spiro atoms. The van der Waals surface area contributed by atoms with E-state index in [9.17, 15) is 0 Å². The summed E-state index contributed by atoms with van der Waals surface area (Å²) in [7, 11) is 0. The van der Waals surface area contributed by atoms with E-state index in [4.69, 9.17) is 10.2 Å². The Morgan fingerprint density at radius 1 is 1.53 bits per heavy atom. The minimum Gasteiger partial charge on any atom is -0.469 e. The van der Waals surface area contributed by atoms with Gasteiger partial charge in [0.05, 0.1) is 6.26 Å². The van der Waals surface area contributed by atoms with Gasteiger partial charge in [-0.2, -0.15) is 0 Å². The lowest BCUT2D eigenvalue weighted by atomic mass is 10.1. The molecule has 0 radical (unpaired) electrons. The number of hydrogen-bond donors (Lipinski definition) is 1. The molecule has 0 fully saturated rings. The Balaban J connectivity index is 2.10. The average molecular weight is 233 g/mol. The standard InChI is InChI=1S/C13H19N3O/c1-3-6-16-7-5-15-13(16)9-12(14)11-4-8-17-10(11)2/h4-5,7-8,12H,3,6,9,14H2,1-2H3. The summed E-state index contributed by atoms with van der Waals surface area (Å²) in [4.78, 5) is 4.37. The van der Waals surface area contributed by atoms with Crippen molar-refractivity contribution in [2.24, 2.45) is 5.73 Å². The van der Waals surface area contributed by atoms with Crippen molar-refractivity contribution in [1.29, 1.82) is 0 Å². The van der Waals surface area contributed by atoms with Gasteiger partial charge >= 0.3 is 0 Å². The van der Waals surface area contributed by atoms with Crippen LogP contribution in [0.5, 0.6) is 0 Å². The fourth-order valence-corrected chi connectivity index (χ4v) is 2.06. The molecule has 0 saturated carbocycles. The molecule has 0 aliphatic carbocycles.